The van der Waals surface area contributed by atoms with Crippen molar-refractivity contribution in [2.75, 3.05) is 11.2 Å². The van der Waals surface area contributed by atoms with Gasteiger partial charge in [-0.25, -0.2) is 8.42 Å². The van der Waals surface area contributed by atoms with Crippen LogP contribution < -0.4 is 0 Å². The standard InChI is InChI=1S/C7H14BrNO2S/c1-2-5-9(7-3-4-7)12(10,11)6-8/h7H,2-6H2,1H3. The van der Waals surface area contributed by atoms with Crippen molar-refractivity contribution in [3.05, 3.63) is 0 Å². The molecule has 72 valence electrons. The Hall–Kier alpha value is 0.390. The Morgan fingerprint density at radius 3 is 2.42 bits per heavy atom. The van der Waals surface area contributed by atoms with Crippen LogP contribution in [0.2, 0.25) is 0 Å². The zero-order valence-corrected chi connectivity index (χ0v) is 9.57. The van der Waals surface area contributed by atoms with E-state index in [1.54, 1.807) is 4.31 Å². The normalized spacial score (nSPS) is 18.6. The summed E-state index contributed by atoms with van der Waals surface area (Å²) in [5.74, 6) is 0. The monoisotopic (exact) mass is 255 g/mol. The van der Waals surface area contributed by atoms with Crippen molar-refractivity contribution in [1.82, 2.24) is 4.31 Å². The maximum absolute atomic E-state index is 11.4. The van der Waals surface area contributed by atoms with E-state index in [0.29, 0.717) is 12.6 Å². The van der Waals surface area contributed by atoms with Gasteiger partial charge >= 0.3 is 0 Å². The summed E-state index contributed by atoms with van der Waals surface area (Å²) in [4.78, 5) is 0. The molecular formula is C7H14BrNO2S. The number of halogens is 1. The molecule has 3 nitrogen and oxygen atoms in total. The molecule has 0 bridgehead atoms. The lowest BCUT2D eigenvalue weighted by molar-refractivity contribution is 0.406. The summed E-state index contributed by atoms with van der Waals surface area (Å²) in [6.07, 6.45) is 2.96. The van der Waals surface area contributed by atoms with E-state index >= 15 is 0 Å². The molecule has 0 aromatic carbocycles. The number of nitrogens with zero attached hydrogens (tertiary/aromatic N) is 1. The highest BCUT2D eigenvalue weighted by Crippen LogP contribution is 2.29. The third-order valence-electron chi connectivity index (χ3n) is 1.89. The summed E-state index contributed by atoms with van der Waals surface area (Å²) >= 11 is 3.01. The number of sulfonamides is 1. The second-order valence-electron chi connectivity index (χ2n) is 3.06. The van der Waals surface area contributed by atoms with Crippen LogP contribution in [0.3, 0.4) is 0 Å². The smallest absolute Gasteiger partial charge is 0.211 e. The van der Waals surface area contributed by atoms with E-state index in [1.165, 1.54) is 0 Å². The van der Waals surface area contributed by atoms with Gasteiger partial charge in [0.25, 0.3) is 0 Å². The Morgan fingerprint density at radius 1 is 1.50 bits per heavy atom. The molecule has 1 aliphatic carbocycles. The average molecular weight is 256 g/mol. The molecule has 0 saturated heterocycles. The Balaban J connectivity index is 2.64. The molecule has 0 aromatic rings. The van der Waals surface area contributed by atoms with Gasteiger partial charge in [-0.15, -0.1) is 0 Å². The fourth-order valence-electron chi connectivity index (χ4n) is 1.19. The van der Waals surface area contributed by atoms with Crippen LogP contribution in [-0.4, -0.2) is 30.0 Å². The summed E-state index contributed by atoms with van der Waals surface area (Å²) in [5.41, 5.74) is 0. The average Bonchev–Trinajstić information content (AvgIpc) is 2.83. The molecule has 0 aliphatic heterocycles. The van der Waals surface area contributed by atoms with Gasteiger partial charge in [0.1, 0.15) is 4.66 Å². The fourth-order valence-corrected chi connectivity index (χ4v) is 3.23. The van der Waals surface area contributed by atoms with Crippen LogP contribution in [-0.2, 0) is 10.0 Å². The number of hydrogen-bond acceptors (Lipinski definition) is 2. The molecule has 0 N–H and O–H groups in total. The van der Waals surface area contributed by atoms with Crippen molar-refractivity contribution in [2.45, 2.75) is 32.2 Å². The van der Waals surface area contributed by atoms with E-state index < -0.39 is 10.0 Å². The maximum Gasteiger partial charge on any atom is 0.224 e. The Bertz CT molecular complexity index is 236. The molecule has 1 rings (SSSR count). The first kappa shape index (κ1) is 10.5. The summed E-state index contributed by atoms with van der Waals surface area (Å²) in [6.45, 7) is 2.66. The van der Waals surface area contributed by atoms with Crippen LogP contribution in [0.25, 0.3) is 0 Å². The molecule has 0 atom stereocenters. The molecule has 0 amide bonds. The van der Waals surface area contributed by atoms with Gasteiger partial charge in [-0.05, 0) is 19.3 Å². The molecule has 1 fully saturated rings. The molecule has 0 heterocycles. The second kappa shape index (κ2) is 4.07. The lowest BCUT2D eigenvalue weighted by atomic mass is 10.5. The highest BCUT2D eigenvalue weighted by molar-refractivity contribution is 9.10. The first-order valence-corrected chi connectivity index (χ1v) is 6.90. The van der Waals surface area contributed by atoms with Gasteiger partial charge < -0.3 is 0 Å². The quantitative estimate of drug-likeness (QED) is 0.700. The van der Waals surface area contributed by atoms with Crippen molar-refractivity contribution in [3.63, 3.8) is 0 Å². The molecule has 1 saturated carbocycles. The summed E-state index contributed by atoms with van der Waals surface area (Å²) in [6, 6.07) is 0.299. The van der Waals surface area contributed by atoms with E-state index in [-0.39, 0.29) is 4.66 Å². The Morgan fingerprint density at radius 2 is 2.08 bits per heavy atom. The third kappa shape index (κ3) is 2.44. The van der Waals surface area contributed by atoms with Gasteiger partial charge in [-0.2, -0.15) is 4.31 Å². The van der Waals surface area contributed by atoms with Crippen LogP contribution in [0.1, 0.15) is 26.2 Å². The van der Waals surface area contributed by atoms with Crippen molar-refractivity contribution in [1.29, 1.82) is 0 Å². The summed E-state index contributed by atoms with van der Waals surface area (Å²) in [5, 5.41) is 0. The SMILES string of the molecule is CCCN(C1CC1)S(=O)(=O)CBr. The zero-order chi connectivity index (χ0) is 9.19. The van der Waals surface area contributed by atoms with Gasteiger partial charge in [0, 0.05) is 12.6 Å². The van der Waals surface area contributed by atoms with Crippen molar-refractivity contribution in [2.24, 2.45) is 0 Å². The number of hydrogen-bond donors (Lipinski definition) is 0. The lowest BCUT2D eigenvalue weighted by Crippen LogP contribution is -2.34. The van der Waals surface area contributed by atoms with E-state index in [9.17, 15) is 8.42 Å². The maximum atomic E-state index is 11.4. The predicted molar refractivity (Wildman–Crippen MR) is 52.7 cm³/mol. The molecule has 0 unspecified atom stereocenters. The van der Waals surface area contributed by atoms with Crippen LogP contribution in [0.4, 0.5) is 0 Å². The third-order valence-corrected chi connectivity index (χ3v) is 5.10. The zero-order valence-electron chi connectivity index (χ0n) is 7.16. The van der Waals surface area contributed by atoms with Crippen LogP contribution in [0.15, 0.2) is 0 Å². The predicted octanol–water partition coefficient (Wildman–Crippen LogP) is 1.54. The Labute approximate surface area is 82.3 Å². The fraction of sp³-hybridized carbons (Fsp3) is 1.00. The van der Waals surface area contributed by atoms with Crippen molar-refractivity contribution in [3.8, 4) is 0 Å². The molecule has 12 heavy (non-hydrogen) atoms. The second-order valence-corrected chi connectivity index (χ2v) is 6.29. The van der Waals surface area contributed by atoms with E-state index in [2.05, 4.69) is 15.9 Å². The first-order chi connectivity index (χ1) is 5.61. The van der Waals surface area contributed by atoms with E-state index in [0.717, 1.165) is 19.3 Å². The molecule has 0 spiro atoms. The molecule has 0 aromatic heterocycles. The van der Waals surface area contributed by atoms with Crippen molar-refractivity contribution >= 4 is 26.0 Å². The number of rotatable bonds is 5. The summed E-state index contributed by atoms with van der Waals surface area (Å²) in [7, 11) is -3.01. The minimum atomic E-state index is -3.01. The van der Waals surface area contributed by atoms with Gasteiger partial charge in [0.2, 0.25) is 10.0 Å². The summed E-state index contributed by atoms with van der Waals surface area (Å²) < 4.78 is 24.6. The first-order valence-electron chi connectivity index (χ1n) is 4.17. The largest absolute Gasteiger partial charge is 0.224 e. The highest BCUT2D eigenvalue weighted by atomic mass is 79.9. The van der Waals surface area contributed by atoms with Gasteiger partial charge in [0.15, 0.2) is 0 Å². The molecular weight excluding hydrogens is 242 g/mol. The highest BCUT2D eigenvalue weighted by Gasteiger charge is 2.35. The number of alkyl halides is 1. The molecule has 0 radical (unpaired) electrons. The lowest BCUT2D eigenvalue weighted by Gasteiger charge is -2.19. The van der Waals surface area contributed by atoms with Gasteiger partial charge in [-0.1, -0.05) is 22.9 Å². The Kier molecular flexibility index (Phi) is 3.55. The van der Waals surface area contributed by atoms with Crippen LogP contribution in [0.5, 0.6) is 0 Å². The topological polar surface area (TPSA) is 37.4 Å². The minimum Gasteiger partial charge on any atom is -0.211 e. The minimum absolute atomic E-state index is 0.0521. The van der Waals surface area contributed by atoms with Crippen LogP contribution >= 0.6 is 15.9 Å². The van der Waals surface area contributed by atoms with Crippen molar-refractivity contribution < 1.29 is 8.42 Å². The van der Waals surface area contributed by atoms with Crippen LogP contribution in [0, 0.1) is 0 Å². The van der Waals surface area contributed by atoms with Gasteiger partial charge in [-0.3, -0.25) is 0 Å². The van der Waals surface area contributed by atoms with E-state index in [4.69, 9.17) is 0 Å². The molecule has 1 aliphatic rings. The van der Waals surface area contributed by atoms with Gasteiger partial charge in [0.05, 0.1) is 0 Å². The molecule has 5 heteroatoms. The van der Waals surface area contributed by atoms with E-state index in [1.807, 2.05) is 6.92 Å².